The van der Waals surface area contributed by atoms with Crippen LogP contribution in [0.3, 0.4) is 0 Å². The summed E-state index contributed by atoms with van der Waals surface area (Å²) in [6, 6.07) is 19.6. The van der Waals surface area contributed by atoms with E-state index in [1.165, 1.54) is 20.3 Å². The van der Waals surface area contributed by atoms with Crippen LogP contribution in [0.1, 0.15) is 0 Å². The van der Waals surface area contributed by atoms with E-state index in [-0.39, 0.29) is 5.92 Å². The molecule has 0 atom stereocenters. The second kappa shape index (κ2) is 9.85. The van der Waals surface area contributed by atoms with Crippen LogP contribution in [-0.4, -0.2) is 34.2 Å². The van der Waals surface area contributed by atoms with Crippen LogP contribution in [0, 0.1) is 5.92 Å². The Balaban J connectivity index is 2.35. The zero-order valence-corrected chi connectivity index (χ0v) is 18.0. The third-order valence-electron chi connectivity index (χ3n) is 5.10. The summed E-state index contributed by atoms with van der Waals surface area (Å²) >= 11 is 0. The van der Waals surface area contributed by atoms with Gasteiger partial charge in [-0.2, -0.15) is 0 Å². The Morgan fingerprint density at radius 2 is 1.37 bits per heavy atom. The lowest BCUT2D eigenvalue weighted by Gasteiger charge is -2.31. The highest BCUT2D eigenvalue weighted by atomic mass is 28.3. The number of hydrogen-bond acceptors (Lipinski definition) is 4. The Labute approximate surface area is 177 Å². The van der Waals surface area contributed by atoms with Gasteiger partial charge in [0.15, 0.2) is 8.07 Å². The zero-order chi connectivity index (χ0) is 21.4. The van der Waals surface area contributed by atoms with Crippen molar-refractivity contribution >= 4 is 30.4 Å². The quantitative estimate of drug-likeness (QED) is 0.396. The first-order valence-electron chi connectivity index (χ1n) is 9.65. The SMILES string of the molecule is COC(=O)/C=C(\C(=O)OC)[Si](/C=C/C1C=CC=C1)(c1ccccc1)c1ccccc1. The van der Waals surface area contributed by atoms with Crippen LogP contribution in [0.15, 0.2) is 108 Å². The molecule has 0 spiro atoms. The first kappa shape index (κ1) is 21.3. The predicted molar refractivity (Wildman–Crippen MR) is 121 cm³/mol. The van der Waals surface area contributed by atoms with E-state index in [2.05, 4.69) is 23.9 Å². The number of carbonyl (C=O) groups excluding carboxylic acids is 2. The van der Waals surface area contributed by atoms with E-state index in [0.717, 1.165) is 10.4 Å². The molecule has 0 saturated carbocycles. The maximum atomic E-state index is 13.0. The van der Waals surface area contributed by atoms with Crippen LogP contribution in [-0.2, 0) is 19.1 Å². The van der Waals surface area contributed by atoms with Crippen molar-refractivity contribution in [2.45, 2.75) is 0 Å². The molecule has 1 aliphatic carbocycles. The van der Waals surface area contributed by atoms with Gasteiger partial charge in [0, 0.05) is 17.2 Å². The monoisotopic (exact) mass is 416 g/mol. The molecule has 5 heteroatoms. The summed E-state index contributed by atoms with van der Waals surface area (Å²) in [6.45, 7) is 0. The predicted octanol–water partition coefficient (Wildman–Crippen LogP) is 2.90. The first-order chi connectivity index (χ1) is 14.6. The molecule has 0 N–H and O–H groups in total. The van der Waals surface area contributed by atoms with E-state index in [0.29, 0.717) is 5.20 Å². The summed E-state index contributed by atoms with van der Waals surface area (Å²) in [5.74, 6) is -1.00. The molecule has 0 aromatic heterocycles. The molecule has 0 aliphatic heterocycles. The van der Waals surface area contributed by atoms with Gasteiger partial charge in [-0.05, 0) is 10.4 Å². The van der Waals surface area contributed by atoms with Crippen molar-refractivity contribution in [3.05, 3.63) is 108 Å². The smallest absolute Gasteiger partial charge is 0.331 e. The maximum Gasteiger partial charge on any atom is 0.331 e. The van der Waals surface area contributed by atoms with E-state index in [1.807, 2.05) is 72.8 Å². The minimum absolute atomic E-state index is 0.126. The number of hydrogen-bond donors (Lipinski definition) is 0. The lowest BCUT2D eigenvalue weighted by molar-refractivity contribution is -0.137. The van der Waals surface area contributed by atoms with E-state index in [4.69, 9.17) is 9.47 Å². The molecule has 2 aromatic carbocycles. The van der Waals surface area contributed by atoms with Gasteiger partial charge in [0.1, 0.15) is 0 Å². The van der Waals surface area contributed by atoms with Crippen molar-refractivity contribution in [2.75, 3.05) is 14.2 Å². The highest BCUT2D eigenvalue weighted by Crippen LogP contribution is 2.22. The van der Waals surface area contributed by atoms with Crippen LogP contribution in [0.4, 0.5) is 0 Å². The van der Waals surface area contributed by atoms with Gasteiger partial charge in [0.05, 0.1) is 14.2 Å². The van der Waals surface area contributed by atoms with Crippen LogP contribution < -0.4 is 10.4 Å². The number of ether oxygens (including phenoxy) is 2. The van der Waals surface area contributed by atoms with Gasteiger partial charge in [0.2, 0.25) is 0 Å². The largest absolute Gasteiger partial charge is 0.466 e. The fourth-order valence-electron chi connectivity index (χ4n) is 3.62. The van der Waals surface area contributed by atoms with Gasteiger partial charge in [-0.15, -0.1) is 0 Å². The molecule has 0 amide bonds. The Morgan fingerprint density at radius 3 is 1.83 bits per heavy atom. The van der Waals surface area contributed by atoms with Crippen LogP contribution >= 0.6 is 0 Å². The molecular weight excluding hydrogens is 392 g/mol. The summed E-state index contributed by atoms with van der Waals surface area (Å²) < 4.78 is 10.0. The van der Waals surface area contributed by atoms with Crippen molar-refractivity contribution in [3.8, 4) is 0 Å². The lowest BCUT2D eigenvalue weighted by Crippen LogP contribution is -2.61. The van der Waals surface area contributed by atoms with Crippen molar-refractivity contribution in [3.63, 3.8) is 0 Å². The number of carbonyl (C=O) groups is 2. The maximum absolute atomic E-state index is 13.0. The van der Waals surface area contributed by atoms with Crippen LogP contribution in [0.2, 0.25) is 0 Å². The third kappa shape index (κ3) is 4.42. The zero-order valence-electron chi connectivity index (χ0n) is 17.0. The minimum Gasteiger partial charge on any atom is -0.466 e. The number of esters is 2. The van der Waals surface area contributed by atoms with Gasteiger partial charge in [-0.25, -0.2) is 9.59 Å². The molecule has 152 valence electrons. The Kier molecular flexibility index (Phi) is 6.98. The molecule has 3 rings (SSSR count). The van der Waals surface area contributed by atoms with Crippen molar-refractivity contribution in [2.24, 2.45) is 5.92 Å². The third-order valence-corrected chi connectivity index (χ3v) is 9.48. The molecule has 1 aliphatic rings. The molecule has 0 heterocycles. The number of methoxy groups -OCH3 is 2. The number of benzene rings is 2. The number of allylic oxidation sites excluding steroid dienone is 5. The summed E-state index contributed by atoms with van der Waals surface area (Å²) in [4.78, 5) is 25.3. The molecule has 0 saturated heterocycles. The topological polar surface area (TPSA) is 52.6 Å². The Morgan fingerprint density at radius 1 is 0.833 bits per heavy atom. The second-order valence-corrected chi connectivity index (χ2v) is 10.5. The lowest BCUT2D eigenvalue weighted by atomic mass is 10.2. The average molecular weight is 417 g/mol. The summed E-state index contributed by atoms with van der Waals surface area (Å²) in [5.41, 5.74) is 2.11. The van der Waals surface area contributed by atoms with Crippen molar-refractivity contribution in [1.29, 1.82) is 0 Å². The highest BCUT2D eigenvalue weighted by Gasteiger charge is 2.43. The molecule has 0 fully saturated rings. The standard InChI is InChI=1S/C25H24O4Si/c1-28-24(26)19-23(25(27)29-2)30(21-13-5-3-6-14-21,22-15-7-4-8-16-22)18-17-20-11-9-10-12-20/h3-20H,1-2H3/b18-17+,23-19+. The minimum atomic E-state index is -3.07. The van der Waals surface area contributed by atoms with Gasteiger partial charge in [-0.1, -0.05) is 96.7 Å². The van der Waals surface area contributed by atoms with Gasteiger partial charge < -0.3 is 9.47 Å². The Hall–Kier alpha value is -3.44. The average Bonchev–Trinajstić information content (AvgIpc) is 3.33. The fraction of sp³-hybridized carbons (Fsp3) is 0.120. The van der Waals surface area contributed by atoms with Gasteiger partial charge in [0.25, 0.3) is 0 Å². The van der Waals surface area contributed by atoms with E-state index < -0.39 is 20.0 Å². The molecular formula is C25H24O4Si. The summed E-state index contributed by atoms with van der Waals surface area (Å²) in [5, 5.41) is 2.26. The second-order valence-electron chi connectivity index (χ2n) is 6.82. The van der Waals surface area contributed by atoms with Gasteiger partial charge in [-0.3, -0.25) is 0 Å². The molecule has 0 unspecified atom stereocenters. The highest BCUT2D eigenvalue weighted by molar-refractivity contribution is 7.13. The Bertz CT molecular complexity index is 952. The molecule has 0 bridgehead atoms. The molecule has 2 aromatic rings. The molecule has 0 radical (unpaired) electrons. The van der Waals surface area contributed by atoms with E-state index in [1.54, 1.807) is 0 Å². The van der Waals surface area contributed by atoms with Crippen molar-refractivity contribution < 1.29 is 19.1 Å². The van der Waals surface area contributed by atoms with E-state index >= 15 is 0 Å². The molecule has 4 nitrogen and oxygen atoms in total. The van der Waals surface area contributed by atoms with Crippen LogP contribution in [0.25, 0.3) is 0 Å². The van der Waals surface area contributed by atoms with E-state index in [9.17, 15) is 9.59 Å². The first-order valence-corrected chi connectivity index (χ1v) is 11.7. The van der Waals surface area contributed by atoms with Crippen LogP contribution in [0.5, 0.6) is 0 Å². The fourth-order valence-corrected chi connectivity index (χ4v) is 7.85. The van der Waals surface area contributed by atoms with Crippen molar-refractivity contribution in [1.82, 2.24) is 0 Å². The summed E-state index contributed by atoms with van der Waals surface area (Å²) in [7, 11) is -0.445. The number of rotatable bonds is 7. The normalized spacial score (nSPS) is 14.3. The summed E-state index contributed by atoms with van der Waals surface area (Å²) in [6.07, 6.45) is 11.5. The van der Waals surface area contributed by atoms with Gasteiger partial charge >= 0.3 is 11.9 Å². The molecule has 30 heavy (non-hydrogen) atoms.